The number of carboxylic acid groups (broad SMARTS) is 2. The minimum Gasteiger partial charge on any atom is -0.465 e. The molecule has 3 aromatic carbocycles. The first-order valence-corrected chi connectivity index (χ1v) is 6.83. The molecule has 0 saturated carbocycles. The minimum absolute atomic E-state index is 0.317. The van der Waals surface area contributed by atoms with E-state index < -0.39 is 12.2 Å². The Bertz CT molecular complexity index is 803. The molecule has 0 saturated heterocycles. The van der Waals surface area contributed by atoms with E-state index in [0.717, 1.165) is 27.1 Å². The zero-order valence-electron chi connectivity index (χ0n) is 12.2. The maximum Gasteiger partial charge on any atom is 0.404 e. The van der Waals surface area contributed by atoms with E-state index in [2.05, 4.69) is 17.1 Å². The van der Waals surface area contributed by atoms with Crippen LogP contribution in [0.15, 0.2) is 54.6 Å². The van der Waals surface area contributed by atoms with Crippen LogP contribution >= 0.6 is 0 Å². The van der Waals surface area contributed by atoms with Gasteiger partial charge in [-0.3, -0.25) is 0 Å². The van der Waals surface area contributed by atoms with E-state index in [9.17, 15) is 4.79 Å². The van der Waals surface area contributed by atoms with Crippen LogP contribution in [0.2, 0.25) is 0 Å². The van der Waals surface area contributed by atoms with E-state index in [1.807, 2.05) is 48.5 Å². The van der Waals surface area contributed by atoms with Crippen molar-refractivity contribution < 1.29 is 19.8 Å². The Morgan fingerprint density at radius 3 is 1.78 bits per heavy atom. The average Bonchev–Trinajstić information content (AvgIpc) is 2.50. The largest absolute Gasteiger partial charge is 0.465 e. The number of carbonyl (C=O) groups is 2. The SMILES string of the molecule is NC(=O)O.O=C(O)NCc1c2ccccc2cc2ccccc12. The van der Waals surface area contributed by atoms with Crippen LogP contribution in [-0.4, -0.2) is 22.4 Å². The van der Waals surface area contributed by atoms with Gasteiger partial charge in [0, 0.05) is 6.54 Å². The highest BCUT2D eigenvalue weighted by Crippen LogP contribution is 2.28. The van der Waals surface area contributed by atoms with Gasteiger partial charge in [0.05, 0.1) is 0 Å². The molecule has 0 radical (unpaired) electrons. The van der Waals surface area contributed by atoms with E-state index in [0.29, 0.717) is 6.54 Å². The normalized spacial score (nSPS) is 9.91. The van der Waals surface area contributed by atoms with Crippen LogP contribution in [0.4, 0.5) is 9.59 Å². The molecular weight excluding hydrogens is 296 g/mol. The van der Waals surface area contributed by atoms with Gasteiger partial charge in [-0.15, -0.1) is 0 Å². The van der Waals surface area contributed by atoms with Crippen molar-refractivity contribution in [2.24, 2.45) is 5.73 Å². The van der Waals surface area contributed by atoms with E-state index in [1.54, 1.807) is 0 Å². The number of hydrogen-bond acceptors (Lipinski definition) is 2. The van der Waals surface area contributed by atoms with Crippen LogP contribution in [0.3, 0.4) is 0 Å². The van der Waals surface area contributed by atoms with E-state index in [-0.39, 0.29) is 0 Å². The van der Waals surface area contributed by atoms with Crippen molar-refractivity contribution in [3.05, 3.63) is 60.2 Å². The van der Waals surface area contributed by atoms with E-state index in [1.165, 1.54) is 0 Å². The van der Waals surface area contributed by atoms with Crippen LogP contribution in [0.1, 0.15) is 5.56 Å². The predicted octanol–water partition coefficient (Wildman–Crippen LogP) is 3.38. The van der Waals surface area contributed by atoms with Gasteiger partial charge in [0.1, 0.15) is 0 Å². The lowest BCUT2D eigenvalue weighted by Crippen LogP contribution is -2.20. The fourth-order valence-electron chi connectivity index (χ4n) is 2.46. The number of fused-ring (bicyclic) bond motifs is 2. The van der Waals surface area contributed by atoms with Crippen LogP contribution < -0.4 is 11.1 Å². The molecule has 0 unspecified atom stereocenters. The van der Waals surface area contributed by atoms with Crippen molar-refractivity contribution in [1.29, 1.82) is 0 Å². The maximum atomic E-state index is 10.7. The molecule has 0 aliphatic rings. The molecule has 0 aliphatic carbocycles. The number of benzene rings is 3. The highest BCUT2D eigenvalue weighted by atomic mass is 16.4. The summed E-state index contributed by atoms with van der Waals surface area (Å²) >= 11 is 0. The Kier molecular flexibility index (Phi) is 4.99. The first-order valence-electron chi connectivity index (χ1n) is 6.83. The van der Waals surface area contributed by atoms with Crippen molar-refractivity contribution in [2.45, 2.75) is 6.54 Å². The first-order chi connectivity index (χ1) is 11.0. The van der Waals surface area contributed by atoms with Gasteiger partial charge in [-0.05, 0) is 33.2 Å². The third-order valence-corrected chi connectivity index (χ3v) is 3.30. The van der Waals surface area contributed by atoms with Gasteiger partial charge in [0.2, 0.25) is 0 Å². The minimum atomic E-state index is -1.33. The van der Waals surface area contributed by atoms with Gasteiger partial charge >= 0.3 is 12.2 Å². The van der Waals surface area contributed by atoms with Crippen molar-refractivity contribution in [1.82, 2.24) is 5.32 Å². The number of rotatable bonds is 2. The molecule has 0 spiro atoms. The molecule has 0 bridgehead atoms. The molecule has 2 amide bonds. The average molecular weight is 312 g/mol. The number of nitrogens with two attached hydrogens (primary N) is 1. The lowest BCUT2D eigenvalue weighted by atomic mass is 9.97. The monoisotopic (exact) mass is 312 g/mol. The Hall–Kier alpha value is -3.28. The van der Waals surface area contributed by atoms with Crippen molar-refractivity contribution in [2.75, 3.05) is 0 Å². The fourth-order valence-corrected chi connectivity index (χ4v) is 2.46. The number of nitrogens with one attached hydrogen (secondary N) is 1. The van der Waals surface area contributed by atoms with Gasteiger partial charge in [-0.1, -0.05) is 48.5 Å². The Labute approximate surface area is 132 Å². The second-order valence-corrected chi connectivity index (χ2v) is 4.79. The Morgan fingerprint density at radius 2 is 1.35 bits per heavy atom. The molecule has 0 aromatic heterocycles. The number of primary amides is 1. The van der Waals surface area contributed by atoms with Gasteiger partial charge in [-0.2, -0.15) is 0 Å². The molecule has 0 fully saturated rings. The summed E-state index contributed by atoms with van der Waals surface area (Å²) in [5, 5.41) is 22.9. The van der Waals surface area contributed by atoms with Crippen LogP contribution in [0.5, 0.6) is 0 Å². The van der Waals surface area contributed by atoms with Gasteiger partial charge < -0.3 is 21.3 Å². The van der Waals surface area contributed by atoms with Crippen molar-refractivity contribution >= 4 is 33.7 Å². The molecular formula is C17H16N2O4. The van der Waals surface area contributed by atoms with Gasteiger partial charge in [-0.25, -0.2) is 9.59 Å². The summed E-state index contributed by atoms with van der Waals surface area (Å²) in [7, 11) is 0. The molecule has 0 heterocycles. The van der Waals surface area contributed by atoms with Crippen LogP contribution in [-0.2, 0) is 6.54 Å². The molecule has 118 valence electrons. The summed E-state index contributed by atoms with van der Waals surface area (Å²) in [5.41, 5.74) is 5.05. The second kappa shape index (κ2) is 7.13. The van der Waals surface area contributed by atoms with E-state index >= 15 is 0 Å². The summed E-state index contributed by atoms with van der Waals surface area (Å²) in [6.45, 7) is 0.317. The third kappa shape index (κ3) is 4.10. The van der Waals surface area contributed by atoms with E-state index in [4.69, 9.17) is 15.0 Å². The van der Waals surface area contributed by atoms with Crippen molar-refractivity contribution in [3.8, 4) is 0 Å². The zero-order valence-corrected chi connectivity index (χ0v) is 12.2. The zero-order chi connectivity index (χ0) is 16.8. The summed E-state index contributed by atoms with van der Waals surface area (Å²) in [6.07, 6.45) is -2.34. The molecule has 3 aromatic rings. The highest BCUT2D eigenvalue weighted by Gasteiger charge is 2.07. The molecule has 23 heavy (non-hydrogen) atoms. The van der Waals surface area contributed by atoms with Crippen molar-refractivity contribution in [3.63, 3.8) is 0 Å². The standard InChI is InChI=1S/C16H13NO2.CH3NO2/c18-16(19)17-10-15-13-7-3-1-5-11(13)9-12-6-2-4-8-14(12)15;2-1(3)4/h1-9,17H,10H2,(H,18,19);2H2,(H,3,4). The summed E-state index contributed by atoms with van der Waals surface area (Å²) < 4.78 is 0. The highest BCUT2D eigenvalue weighted by molar-refractivity contribution is 6.02. The number of amides is 2. The molecule has 6 heteroatoms. The third-order valence-electron chi connectivity index (χ3n) is 3.30. The number of hydrogen-bond donors (Lipinski definition) is 4. The summed E-state index contributed by atoms with van der Waals surface area (Å²) in [5.74, 6) is 0. The molecule has 6 nitrogen and oxygen atoms in total. The lowest BCUT2D eigenvalue weighted by molar-refractivity contribution is 0.194. The maximum absolute atomic E-state index is 10.7. The molecule has 5 N–H and O–H groups in total. The predicted molar refractivity (Wildman–Crippen MR) is 88.5 cm³/mol. The van der Waals surface area contributed by atoms with Gasteiger partial charge in [0.25, 0.3) is 0 Å². The van der Waals surface area contributed by atoms with Gasteiger partial charge in [0.15, 0.2) is 0 Å². The summed E-state index contributed by atoms with van der Waals surface area (Å²) in [6, 6.07) is 18.2. The smallest absolute Gasteiger partial charge is 0.404 e. The quantitative estimate of drug-likeness (QED) is 0.543. The second-order valence-electron chi connectivity index (χ2n) is 4.79. The first kappa shape index (κ1) is 16.1. The Morgan fingerprint density at radius 1 is 0.913 bits per heavy atom. The fraction of sp³-hybridized carbons (Fsp3) is 0.0588. The van der Waals surface area contributed by atoms with Crippen LogP contribution in [0, 0.1) is 0 Å². The topological polar surface area (TPSA) is 113 Å². The molecule has 3 rings (SSSR count). The Balaban J connectivity index is 0.000000433. The summed E-state index contributed by atoms with van der Waals surface area (Å²) in [4.78, 5) is 19.5. The molecule has 0 aliphatic heterocycles. The lowest BCUT2D eigenvalue weighted by Gasteiger charge is -2.11. The molecule has 0 atom stereocenters. The van der Waals surface area contributed by atoms with Crippen LogP contribution in [0.25, 0.3) is 21.5 Å².